The topological polar surface area (TPSA) is 55.8 Å². The number of rotatable bonds is 9. The smallest absolute Gasteiger partial charge is 0.191 e. The number of anilines is 2. The number of aromatic nitrogens is 1. The van der Waals surface area contributed by atoms with E-state index in [2.05, 4.69) is 68.8 Å². The van der Waals surface area contributed by atoms with E-state index in [1.54, 1.807) is 7.05 Å². The lowest BCUT2D eigenvalue weighted by Gasteiger charge is -2.23. The van der Waals surface area contributed by atoms with Crippen LogP contribution in [0.5, 0.6) is 0 Å². The second-order valence-electron chi connectivity index (χ2n) is 6.50. The molecular formula is C21H32N6. The maximum absolute atomic E-state index is 4.44. The van der Waals surface area contributed by atoms with E-state index < -0.39 is 0 Å². The van der Waals surface area contributed by atoms with Crippen LogP contribution in [0.25, 0.3) is 0 Å². The number of pyridine rings is 1. The molecule has 0 aliphatic carbocycles. The maximum Gasteiger partial charge on any atom is 0.191 e. The van der Waals surface area contributed by atoms with Gasteiger partial charge in [0.25, 0.3) is 0 Å². The van der Waals surface area contributed by atoms with E-state index in [9.17, 15) is 0 Å². The molecule has 0 saturated carbocycles. The Kier molecular flexibility index (Phi) is 8.42. The Labute approximate surface area is 163 Å². The van der Waals surface area contributed by atoms with Gasteiger partial charge in [0.15, 0.2) is 5.96 Å². The van der Waals surface area contributed by atoms with Gasteiger partial charge in [0.05, 0.1) is 0 Å². The molecule has 0 fully saturated rings. The second-order valence-corrected chi connectivity index (χ2v) is 6.50. The minimum atomic E-state index is 0.687. The van der Waals surface area contributed by atoms with Crippen molar-refractivity contribution in [3.63, 3.8) is 0 Å². The molecule has 0 aliphatic heterocycles. The molecule has 1 heterocycles. The van der Waals surface area contributed by atoms with Crippen molar-refractivity contribution in [2.75, 3.05) is 50.6 Å². The molecule has 1 aromatic carbocycles. The summed E-state index contributed by atoms with van der Waals surface area (Å²) in [4.78, 5) is 13.2. The van der Waals surface area contributed by atoms with E-state index in [1.807, 2.05) is 31.3 Å². The summed E-state index contributed by atoms with van der Waals surface area (Å²) in [6, 6.07) is 14.6. The van der Waals surface area contributed by atoms with E-state index in [0.717, 1.165) is 43.4 Å². The highest BCUT2D eigenvalue weighted by atomic mass is 15.2. The quantitative estimate of drug-likeness (QED) is 0.405. The third kappa shape index (κ3) is 6.47. The van der Waals surface area contributed by atoms with Gasteiger partial charge in [0.2, 0.25) is 0 Å². The SMILES string of the molecule is CCN(CCCNC(=NC)NCc1cccnc1N(C)C)c1ccccc1. The molecule has 6 heteroatoms. The van der Waals surface area contributed by atoms with Crippen LogP contribution in [0.15, 0.2) is 53.7 Å². The van der Waals surface area contributed by atoms with Gasteiger partial charge in [-0.25, -0.2) is 4.98 Å². The summed E-state index contributed by atoms with van der Waals surface area (Å²) in [6.07, 6.45) is 2.86. The lowest BCUT2D eigenvalue weighted by Crippen LogP contribution is -2.38. The van der Waals surface area contributed by atoms with Crippen LogP contribution in [0.3, 0.4) is 0 Å². The molecule has 0 amide bonds. The van der Waals surface area contributed by atoms with Crippen LogP contribution in [0, 0.1) is 0 Å². The van der Waals surface area contributed by atoms with Gasteiger partial charge in [0, 0.05) is 64.8 Å². The Morgan fingerprint density at radius 1 is 1.07 bits per heavy atom. The van der Waals surface area contributed by atoms with Gasteiger partial charge in [-0.3, -0.25) is 4.99 Å². The standard InChI is InChI=1S/C21H32N6/c1-5-27(19-12-7-6-8-13-19)16-10-15-24-21(22-2)25-17-18-11-9-14-23-20(18)26(3)4/h6-9,11-14H,5,10,15-17H2,1-4H3,(H2,22,24,25). The molecule has 1 aromatic heterocycles. The van der Waals surface area contributed by atoms with Crippen molar-refractivity contribution in [3.8, 4) is 0 Å². The van der Waals surface area contributed by atoms with Crippen LogP contribution in [-0.2, 0) is 6.54 Å². The highest BCUT2D eigenvalue weighted by molar-refractivity contribution is 5.79. The molecule has 0 saturated heterocycles. The molecule has 0 bridgehead atoms. The molecule has 0 aliphatic rings. The van der Waals surface area contributed by atoms with Gasteiger partial charge >= 0.3 is 0 Å². The van der Waals surface area contributed by atoms with Crippen molar-refractivity contribution in [1.29, 1.82) is 0 Å². The number of hydrogen-bond donors (Lipinski definition) is 2. The van der Waals surface area contributed by atoms with Gasteiger partial charge in [-0.1, -0.05) is 24.3 Å². The van der Waals surface area contributed by atoms with Gasteiger partial charge in [-0.15, -0.1) is 0 Å². The Hall–Kier alpha value is -2.76. The monoisotopic (exact) mass is 368 g/mol. The molecule has 0 spiro atoms. The fourth-order valence-corrected chi connectivity index (χ4v) is 2.96. The first kappa shape index (κ1) is 20.6. The molecule has 0 unspecified atom stereocenters. The van der Waals surface area contributed by atoms with Crippen molar-refractivity contribution in [2.45, 2.75) is 19.9 Å². The normalized spacial score (nSPS) is 11.2. The molecular weight excluding hydrogens is 336 g/mol. The fourth-order valence-electron chi connectivity index (χ4n) is 2.96. The average Bonchev–Trinajstić information content (AvgIpc) is 2.71. The van der Waals surface area contributed by atoms with Gasteiger partial charge in [-0.2, -0.15) is 0 Å². The predicted molar refractivity (Wildman–Crippen MR) is 116 cm³/mol. The summed E-state index contributed by atoms with van der Waals surface area (Å²) in [5, 5.41) is 6.77. The summed E-state index contributed by atoms with van der Waals surface area (Å²) >= 11 is 0. The summed E-state index contributed by atoms with van der Waals surface area (Å²) in [7, 11) is 5.81. The van der Waals surface area contributed by atoms with Crippen LogP contribution in [0.1, 0.15) is 18.9 Å². The average molecular weight is 369 g/mol. The third-order valence-corrected chi connectivity index (χ3v) is 4.36. The van der Waals surface area contributed by atoms with Crippen LogP contribution in [-0.4, -0.2) is 51.7 Å². The summed E-state index contributed by atoms with van der Waals surface area (Å²) < 4.78 is 0. The molecule has 2 rings (SSSR count). The summed E-state index contributed by atoms with van der Waals surface area (Å²) in [5.74, 6) is 1.79. The van der Waals surface area contributed by atoms with Crippen LogP contribution < -0.4 is 20.4 Å². The predicted octanol–water partition coefficient (Wildman–Crippen LogP) is 2.73. The molecule has 2 N–H and O–H groups in total. The summed E-state index contributed by atoms with van der Waals surface area (Å²) in [6.45, 7) is 5.77. The van der Waals surface area contributed by atoms with Crippen LogP contribution in [0.4, 0.5) is 11.5 Å². The first-order valence-corrected chi connectivity index (χ1v) is 9.51. The zero-order valence-corrected chi connectivity index (χ0v) is 16.9. The number of nitrogens with one attached hydrogen (secondary N) is 2. The van der Waals surface area contributed by atoms with E-state index >= 15 is 0 Å². The number of aliphatic imine (C=N–C) groups is 1. The van der Waals surface area contributed by atoms with Gasteiger partial charge in [0.1, 0.15) is 5.82 Å². The van der Waals surface area contributed by atoms with E-state index in [-0.39, 0.29) is 0 Å². The van der Waals surface area contributed by atoms with Crippen molar-refractivity contribution < 1.29 is 0 Å². The zero-order chi connectivity index (χ0) is 19.5. The molecule has 0 radical (unpaired) electrons. The molecule has 146 valence electrons. The first-order chi connectivity index (χ1) is 13.2. The lowest BCUT2D eigenvalue weighted by molar-refractivity contribution is 0.708. The Balaban J connectivity index is 1.78. The largest absolute Gasteiger partial charge is 0.372 e. The van der Waals surface area contributed by atoms with E-state index in [1.165, 1.54) is 5.69 Å². The first-order valence-electron chi connectivity index (χ1n) is 9.51. The molecule has 27 heavy (non-hydrogen) atoms. The maximum atomic E-state index is 4.44. The van der Waals surface area contributed by atoms with Crippen LogP contribution in [0.2, 0.25) is 0 Å². The number of para-hydroxylation sites is 1. The van der Waals surface area contributed by atoms with Gasteiger partial charge in [-0.05, 0) is 31.5 Å². The van der Waals surface area contributed by atoms with Crippen molar-refractivity contribution in [3.05, 3.63) is 54.2 Å². The van der Waals surface area contributed by atoms with Crippen molar-refractivity contribution >= 4 is 17.5 Å². The fraction of sp³-hybridized carbons (Fsp3) is 0.429. The Morgan fingerprint density at radius 3 is 2.52 bits per heavy atom. The minimum absolute atomic E-state index is 0.687. The molecule has 6 nitrogen and oxygen atoms in total. The number of hydrogen-bond acceptors (Lipinski definition) is 4. The van der Waals surface area contributed by atoms with Crippen molar-refractivity contribution in [2.24, 2.45) is 4.99 Å². The summed E-state index contributed by atoms with van der Waals surface area (Å²) in [5.41, 5.74) is 2.42. The number of nitrogens with zero attached hydrogens (tertiary/aromatic N) is 4. The van der Waals surface area contributed by atoms with Crippen molar-refractivity contribution in [1.82, 2.24) is 15.6 Å². The Bertz CT molecular complexity index is 699. The highest BCUT2D eigenvalue weighted by Gasteiger charge is 2.07. The molecule has 0 atom stereocenters. The van der Waals surface area contributed by atoms with Gasteiger partial charge < -0.3 is 20.4 Å². The number of guanidine groups is 1. The van der Waals surface area contributed by atoms with E-state index in [0.29, 0.717) is 6.54 Å². The lowest BCUT2D eigenvalue weighted by atomic mass is 10.2. The van der Waals surface area contributed by atoms with Crippen LogP contribution >= 0.6 is 0 Å². The molecule has 2 aromatic rings. The van der Waals surface area contributed by atoms with E-state index in [4.69, 9.17) is 0 Å². The number of benzene rings is 1. The highest BCUT2D eigenvalue weighted by Crippen LogP contribution is 2.14. The minimum Gasteiger partial charge on any atom is -0.372 e. The second kappa shape index (κ2) is 11.1. The Morgan fingerprint density at radius 2 is 1.85 bits per heavy atom. The zero-order valence-electron chi connectivity index (χ0n) is 16.9. The third-order valence-electron chi connectivity index (χ3n) is 4.36.